The molecule has 0 unspecified atom stereocenters. The van der Waals surface area contributed by atoms with E-state index in [2.05, 4.69) is 4.74 Å². The molecule has 9 heteroatoms. The van der Waals surface area contributed by atoms with Crippen molar-refractivity contribution in [1.82, 2.24) is 9.80 Å². The molecule has 0 aliphatic carbocycles. The summed E-state index contributed by atoms with van der Waals surface area (Å²) in [4.78, 5) is 56.8. The maximum atomic E-state index is 11.4. The van der Waals surface area contributed by atoms with Crippen LogP contribution in [0.15, 0.2) is 24.3 Å². The van der Waals surface area contributed by atoms with Crippen LogP contribution in [0, 0.1) is 0 Å². The highest BCUT2D eigenvalue weighted by atomic mass is 16.7. The summed E-state index contributed by atoms with van der Waals surface area (Å²) in [5.74, 6) is -3.65. The highest BCUT2D eigenvalue weighted by molar-refractivity contribution is 6.16. The van der Waals surface area contributed by atoms with E-state index < -0.39 is 36.1 Å². The van der Waals surface area contributed by atoms with Crippen LogP contribution in [0.5, 0.6) is 0 Å². The Labute approximate surface area is 105 Å². The third-order valence-corrected chi connectivity index (χ3v) is 2.33. The van der Waals surface area contributed by atoms with Gasteiger partial charge in [-0.15, -0.1) is 0 Å². The summed E-state index contributed by atoms with van der Waals surface area (Å²) in [7, 11) is 0. The maximum absolute atomic E-state index is 11.4. The number of hydrogen-bond acceptors (Lipinski definition) is 7. The predicted molar refractivity (Wildman–Crippen MR) is 52.3 cm³/mol. The van der Waals surface area contributed by atoms with E-state index in [-0.39, 0.29) is 0 Å². The molecule has 0 radical (unpaired) electrons. The normalized spacial score (nSPS) is 18.2. The standard InChI is InChI=1S/C10H6N2O7/c13-5-1-2-6(14)11(5)9(19-10(17)18)12-7(15)3-4-8(12)16/h1-4,9H,(H,17,18)/p-1. The van der Waals surface area contributed by atoms with E-state index in [0.717, 1.165) is 24.3 Å². The second kappa shape index (κ2) is 4.37. The van der Waals surface area contributed by atoms with E-state index in [1.54, 1.807) is 0 Å². The Hall–Kier alpha value is -2.97. The van der Waals surface area contributed by atoms with Crippen LogP contribution in [-0.4, -0.2) is 45.9 Å². The van der Waals surface area contributed by atoms with E-state index >= 15 is 0 Å². The fourth-order valence-electron chi connectivity index (χ4n) is 1.57. The van der Waals surface area contributed by atoms with Crippen molar-refractivity contribution in [1.29, 1.82) is 0 Å². The quantitative estimate of drug-likeness (QED) is 0.407. The van der Waals surface area contributed by atoms with Gasteiger partial charge in [0, 0.05) is 24.3 Å². The molecule has 2 heterocycles. The summed E-state index contributed by atoms with van der Waals surface area (Å²) in [6.07, 6.45) is -0.697. The number of imide groups is 2. The molecule has 98 valence electrons. The Morgan fingerprint density at radius 3 is 1.47 bits per heavy atom. The summed E-state index contributed by atoms with van der Waals surface area (Å²) >= 11 is 0. The smallest absolute Gasteiger partial charge is 0.256 e. The van der Waals surface area contributed by atoms with Crippen LogP contribution in [0.2, 0.25) is 0 Å². The van der Waals surface area contributed by atoms with Gasteiger partial charge in [-0.05, 0) is 0 Å². The predicted octanol–water partition coefficient (Wildman–Crippen LogP) is -2.52. The average molecular weight is 265 g/mol. The minimum absolute atomic E-state index is 0.318. The third-order valence-electron chi connectivity index (χ3n) is 2.33. The van der Waals surface area contributed by atoms with Gasteiger partial charge in [-0.2, -0.15) is 0 Å². The first kappa shape index (κ1) is 12.5. The molecular formula is C10H5N2O7-. The second-order valence-electron chi connectivity index (χ2n) is 3.45. The Bertz CT molecular complexity index is 484. The number of amides is 4. The molecule has 0 fully saturated rings. The molecule has 0 saturated heterocycles. The van der Waals surface area contributed by atoms with Gasteiger partial charge in [0.2, 0.25) is 6.35 Å². The van der Waals surface area contributed by atoms with Gasteiger partial charge in [-0.3, -0.25) is 19.2 Å². The molecule has 2 rings (SSSR count). The summed E-state index contributed by atoms with van der Waals surface area (Å²) in [6, 6.07) is 0. The number of hydrogen-bond donors (Lipinski definition) is 0. The summed E-state index contributed by atoms with van der Waals surface area (Å²) in [6.45, 7) is 0. The van der Waals surface area contributed by atoms with Crippen LogP contribution in [0.4, 0.5) is 4.79 Å². The SMILES string of the molecule is O=C([O-])OC(N1C(=O)C=CC1=O)N1C(=O)C=CC1=O. The average Bonchev–Trinajstić information content (AvgIpc) is 2.81. The van der Waals surface area contributed by atoms with Crippen LogP contribution < -0.4 is 5.11 Å². The minimum atomic E-state index is -2.09. The van der Waals surface area contributed by atoms with Gasteiger partial charge in [0.15, 0.2) is 0 Å². The van der Waals surface area contributed by atoms with Crippen LogP contribution in [0.25, 0.3) is 0 Å². The number of carbonyl (C=O) groups is 5. The van der Waals surface area contributed by atoms with E-state index in [0.29, 0.717) is 9.80 Å². The van der Waals surface area contributed by atoms with Crippen molar-refractivity contribution < 1.29 is 33.8 Å². The lowest BCUT2D eigenvalue weighted by Gasteiger charge is -2.34. The van der Waals surface area contributed by atoms with Crippen molar-refractivity contribution >= 4 is 29.8 Å². The third kappa shape index (κ3) is 2.08. The number of ether oxygens (including phenoxy) is 1. The van der Waals surface area contributed by atoms with Gasteiger partial charge < -0.3 is 14.6 Å². The van der Waals surface area contributed by atoms with Gasteiger partial charge in [0.05, 0.1) is 0 Å². The molecule has 0 aromatic heterocycles. The molecule has 0 N–H and O–H groups in total. The zero-order chi connectivity index (χ0) is 14.2. The van der Waals surface area contributed by atoms with Crippen molar-refractivity contribution in [2.45, 2.75) is 6.35 Å². The van der Waals surface area contributed by atoms with Crippen LogP contribution in [0.3, 0.4) is 0 Å². The van der Waals surface area contributed by atoms with Gasteiger partial charge >= 0.3 is 0 Å². The molecule has 0 atom stereocenters. The molecule has 0 aromatic carbocycles. The second-order valence-corrected chi connectivity index (χ2v) is 3.45. The van der Waals surface area contributed by atoms with Crippen LogP contribution in [-0.2, 0) is 23.9 Å². The van der Waals surface area contributed by atoms with Gasteiger partial charge in [-0.25, -0.2) is 9.80 Å². The lowest BCUT2D eigenvalue weighted by atomic mass is 10.5. The van der Waals surface area contributed by atoms with Crippen molar-refractivity contribution in [2.24, 2.45) is 0 Å². The van der Waals surface area contributed by atoms with E-state index in [1.165, 1.54) is 0 Å². The number of carboxylic acid groups (broad SMARTS) is 1. The maximum Gasteiger partial charge on any atom is 0.256 e. The highest BCUT2D eigenvalue weighted by Crippen LogP contribution is 2.18. The molecule has 19 heavy (non-hydrogen) atoms. The van der Waals surface area contributed by atoms with Crippen molar-refractivity contribution in [3.63, 3.8) is 0 Å². The first-order valence-electron chi connectivity index (χ1n) is 4.90. The summed E-state index contributed by atoms with van der Waals surface area (Å²) < 4.78 is 4.19. The molecule has 0 bridgehead atoms. The molecule has 2 aliphatic rings. The Morgan fingerprint density at radius 2 is 1.21 bits per heavy atom. The molecular weight excluding hydrogens is 260 g/mol. The zero-order valence-corrected chi connectivity index (χ0v) is 9.14. The Kier molecular flexibility index (Phi) is 2.87. The lowest BCUT2D eigenvalue weighted by Crippen LogP contribution is -2.56. The van der Waals surface area contributed by atoms with E-state index in [1.807, 2.05) is 0 Å². The van der Waals surface area contributed by atoms with E-state index in [4.69, 9.17) is 0 Å². The molecule has 0 aromatic rings. The monoisotopic (exact) mass is 265 g/mol. The fraction of sp³-hybridized carbons (Fsp3) is 0.100. The number of carbonyl (C=O) groups excluding carboxylic acids is 5. The summed E-state index contributed by atoms with van der Waals surface area (Å²) in [5.41, 5.74) is 0. The first-order chi connectivity index (χ1) is 8.91. The lowest BCUT2D eigenvalue weighted by molar-refractivity contribution is -0.297. The molecule has 2 aliphatic heterocycles. The largest absolute Gasteiger partial charge is 0.508 e. The zero-order valence-electron chi connectivity index (χ0n) is 9.14. The van der Waals surface area contributed by atoms with Crippen LogP contribution >= 0.6 is 0 Å². The highest BCUT2D eigenvalue weighted by Gasteiger charge is 2.40. The van der Waals surface area contributed by atoms with Crippen LogP contribution in [0.1, 0.15) is 0 Å². The molecule has 4 amide bonds. The topological polar surface area (TPSA) is 124 Å². The Balaban J connectivity index is 2.34. The van der Waals surface area contributed by atoms with Gasteiger partial charge in [0.1, 0.15) is 0 Å². The molecule has 0 saturated carbocycles. The van der Waals surface area contributed by atoms with Crippen molar-refractivity contribution in [3.8, 4) is 0 Å². The number of rotatable bonds is 3. The summed E-state index contributed by atoms with van der Waals surface area (Å²) in [5, 5.41) is 10.5. The van der Waals surface area contributed by atoms with Gasteiger partial charge in [-0.1, -0.05) is 0 Å². The number of nitrogens with zero attached hydrogens (tertiary/aromatic N) is 2. The van der Waals surface area contributed by atoms with Crippen molar-refractivity contribution in [2.75, 3.05) is 0 Å². The Morgan fingerprint density at radius 1 is 0.895 bits per heavy atom. The van der Waals surface area contributed by atoms with E-state index in [9.17, 15) is 29.1 Å². The fourth-order valence-corrected chi connectivity index (χ4v) is 1.57. The molecule has 0 spiro atoms. The molecule has 9 nitrogen and oxygen atoms in total. The first-order valence-corrected chi connectivity index (χ1v) is 4.90. The van der Waals surface area contributed by atoms with Crippen molar-refractivity contribution in [3.05, 3.63) is 24.3 Å². The minimum Gasteiger partial charge on any atom is -0.508 e. The van der Waals surface area contributed by atoms with Gasteiger partial charge in [0.25, 0.3) is 29.8 Å².